The SMILES string of the molecule is O=C(Nc1ccccc1)Nc1nc(CN2CCc3ccccc3C2)cs1. The molecule has 0 spiro atoms. The lowest BCUT2D eigenvalue weighted by molar-refractivity contribution is 0.243. The summed E-state index contributed by atoms with van der Waals surface area (Å²) in [4.78, 5) is 19.0. The van der Waals surface area contributed by atoms with Gasteiger partial charge in [0.25, 0.3) is 0 Å². The molecule has 5 nitrogen and oxygen atoms in total. The number of hydrogen-bond donors (Lipinski definition) is 2. The van der Waals surface area contributed by atoms with E-state index in [2.05, 4.69) is 44.8 Å². The number of carbonyl (C=O) groups is 1. The highest BCUT2D eigenvalue weighted by Gasteiger charge is 2.17. The summed E-state index contributed by atoms with van der Waals surface area (Å²) in [6, 6.07) is 17.7. The Morgan fingerprint density at radius 3 is 2.65 bits per heavy atom. The fourth-order valence-electron chi connectivity index (χ4n) is 3.14. The van der Waals surface area contributed by atoms with E-state index in [1.165, 1.54) is 22.5 Å². The highest BCUT2D eigenvalue weighted by atomic mass is 32.1. The Hall–Kier alpha value is -2.70. The first-order valence-electron chi connectivity index (χ1n) is 8.63. The van der Waals surface area contributed by atoms with Gasteiger partial charge in [0.2, 0.25) is 0 Å². The molecule has 2 amide bonds. The first-order valence-corrected chi connectivity index (χ1v) is 9.51. The van der Waals surface area contributed by atoms with Crippen LogP contribution in [0, 0.1) is 0 Å². The lowest BCUT2D eigenvalue weighted by Gasteiger charge is -2.27. The van der Waals surface area contributed by atoms with E-state index < -0.39 is 0 Å². The van der Waals surface area contributed by atoms with Gasteiger partial charge in [-0.05, 0) is 29.7 Å². The number of nitrogens with zero attached hydrogens (tertiary/aromatic N) is 2. The Morgan fingerprint density at radius 1 is 1.04 bits per heavy atom. The standard InChI is InChI=1S/C20H20N4OS/c25-19(21-17-8-2-1-3-9-17)23-20-22-18(14-26-20)13-24-11-10-15-6-4-5-7-16(15)12-24/h1-9,14H,10-13H2,(H2,21,22,23,25). The number of aromatic nitrogens is 1. The molecule has 0 aliphatic carbocycles. The fraction of sp³-hybridized carbons (Fsp3) is 0.200. The number of para-hydroxylation sites is 1. The Kier molecular flexibility index (Phi) is 4.95. The van der Waals surface area contributed by atoms with Crippen LogP contribution in [0.2, 0.25) is 0 Å². The van der Waals surface area contributed by atoms with Gasteiger partial charge in [-0.2, -0.15) is 0 Å². The van der Waals surface area contributed by atoms with Crippen LogP contribution >= 0.6 is 11.3 Å². The van der Waals surface area contributed by atoms with Crippen LogP contribution in [0.25, 0.3) is 0 Å². The molecule has 2 aromatic carbocycles. The van der Waals surface area contributed by atoms with Crippen molar-refractivity contribution in [3.8, 4) is 0 Å². The van der Waals surface area contributed by atoms with Crippen molar-refractivity contribution in [3.05, 3.63) is 76.8 Å². The number of benzene rings is 2. The monoisotopic (exact) mass is 364 g/mol. The second-order valence-corrected chi connectivity index (χ2v) is 7.18. The number of hydrogen-bond acceptors (Lipinski definition) is 4. The quantitative estimate of drug-likeness (QED) is 0.724. The van der Waals surface area contributed by atoms with Crippen molar-refractivity contribution in [2.75, 3.05) is 17.2 Å². The van der Waals surface area contributed by atoms with Crippen molar-refractivity contribution < 1.29 is 4.79 Å². The maximum Gasteiger partial charge on any atom is 0.325 e. The topological polar surface area (TPSA) is 57.3 Å². The number of fused-ring (bicyclic) bond motifs is 1. The van der Waals surface area contributed by atoms with Crippen LogP contribution in [0.3, 0.4) is 0 Å². The summed E-state index contributed by atoms with van der Waals surface area (Å²) in [5, 5.41) is 8.23. The number of carbonyl (C=O) groups excluding carboxylic acids is 1. The lowest BCUT2D eigenvalue weighted by Crippen LogP contribution is -2.30. The molecular formula is C20H20N4OS. The molecule has 132 valence electrons. The maximum atomic E-state index is 12.1. The Bertz CT molecular complexity index is 894. The zero-order valence-electron chi connectivity index (χ0n) is 14.3. The Morgan fingerprint density at radius 2 is 1.81 bits per heavy atom. The number of nitrogens with one attached hydrogen (secondary N) is 2. The molecule has 0 bridgehead atoms. The Balaban J connectivity index is 1.33. The largest absolute Gasteiger partial charge is 0.325 e. The molecule has 1 aliphatic rings. The number of urea groups is 1. The molecule has 26 heavy (non-hydrogen) atoms. The number of rotatable bonds is 4. The average Bonchev–Trinajstić information content (AvgIpc) is 3.09. The maximum absolute atomic E-state index is 12.1. The molecule has 0 atom stereocenters. The van der Waals surface area contributed by atoms with Gasteiger partial charge < -0.3 is 5.32 Å². The van der Waals surface area contributed by atoms with Crippen LogP contribution in [0.1, 0.15) is 16.8 Å². The summed E-state index contributed by atoms with van der Waals surface area (Å²) in [7, 11) is 0. The minimum Gasteiger partial charge on any atom is -0.308 e. The average molecular weight is 364 g/mol. The minimum absolute atomic E-state index is 0.274. The van der Waals surface area contributed by atoms with Crippen molar-refractivity contribution in [1.82, 2.24) is 9.88 Å². The van der Waals surface area contributed by atoms with Crippen molar-refractivity contribution in [3.63, 3.8) is 0 Å². The van der Waals surface area contributed by atoms with Gasteiger partial charge >= 0.3 is 6.03 Å². The van der Waals surface area contributed by atoms with Crippen molar-refractivity contribution >= 4 is 28.2 Å². The fourth-order valence-corrected chi connectivity index (χ4v) is 3.83. The third-order valence-electron chi connectivity index (χ3n) is 4.40. The van der Waals surface area contributed by atoms with E-state index in [-0.39, 0.29) is 6.03 Å². The van der Waals surface area contributed by atoms with Gasteiger partial charge in [0, 0.05) is 30.7 Å². The molecule has 1 aliphatic heterocycles. The van der Waals surface area contributed by atoms with Crippen molar-refractivity contribution in [2.24, 2.45) is 0 Å². The van der Waals surface area contributed by atoms with Crippen LogP contribution in [-0.4, -0.2) is 22.5 Å². The summed E-state index contributed by atoms with van der Waals surface area (Å²) in [6.45, 7) is 2.78. The van der Waals surface area contributed by atoms with Crippen LogP contribution in [0.15, 0.2) is 60.0 Å². The third-order valence-corrected chi connectivity index (χ3v) is 5.21. The highest BCUT2D eigenvalue weighted by molar-refractivity contribution is 7.13. The van der Waals surface area contributed by atoms with E-state index in [9.17, 15) is 4.79 Å². The van der Waals surface area contributed by atoms with Gasteiger partial charge in [-0.1, -0.05) is 42.5 Å². The van der Waals surface area contributed by atoms with E-state index in [0.29, 0.717) is 5.13 Å². The molecule has 1 aromatic heterocycles. The molecule has 2 heterocycles. The van der Waals surface area contributed by atoms with Gasteiger partial charge in [-0.3, -0.25) is 10.2 Å². The molecule has 2 N–H and O–H groups in total. The first-order chi connectivity index (χ1) is 12.8. The van der Waals surface area contributed by atoms with Gasteiger partial charge in [0.15, 0.2) is 5.13 Å². The number of amides is 2. The smallest absolute Gasteiger partial charge is 0.308 e. The third kappa shape index (κ3) is 4.09. The van der Waals surface area contributed by atoms with Crippen molar-refractivity contribution in [1.29, 1.82) is 0 Å². The zero-order valence-corrected chi connectivity index (χ0v) is 15.1. The minimum atomic E-state index is -0.274. The molecule has 0 fully saturated rings. The van der Waals surface area contributed by atoms with E-state index >= 15 is 0 Å². The van der Waals surface area contributed by atoms with Gasteiger partial charge in [-0.15, -0.1) is 11.3 Å². The van der Waals surface area contributed by atoms with E-state index in [1.54, 1.807) is 0 Å². The van der Waals surface area contributed by atoms with Gasteiger partial charge in [0.1, 0.15) is 0 Å². The number of thiazole rings is 1. The summed E-state index contributed by atoms with van der Waals surface area (Å²) in [5.74, 6) is 0. The summed E-state index contributed by atoms with van der Waals surface area (Å²) < 4.78 is 0. The second kappa shape index (κ2) is 7.68. The predicted molar refractivity (Wildman–Crippen MR) is 105 cm³/mol. The van der Waals surface area contributed by atoms with Crippen molar-refractivity contribution in [2.45, 2.75) is 19.5 Å². The second-order valence-electron chi connectivity index (χ2n) is 6.32. The molecule has 0 saturated heterocycles. The molecular weight excluding hydrogens is 344 g/mol. The predicted octanol–water partition coefficient (Wildman–Crippen LogP) is 4.35. The summed E-state index contributed by atoms with van der Waals surface area (Å²) in [5.41, 5.74) is 4.59. The van der Waals surface area contributed by atoms with Crippen LogP contribution in [-0.2, 0) is 19.5 Å². The molecule has 0 unspecified atom stereocenters. The number of anilines is 2. The summed E-state index contributed by atoms with van der Waals surface area (Å²) >= 11 is 1.45. The summed E-state index contributed by atoms with van der Waals surface area (Å²) in [6.07, 6.45) is 1.07. The lowest BCUT2D eigenvalue weighted by atomic mass is 10.00. The van der Waals surface area contributed by atoms with Gasteiger partial charge in [0.05, 0.1) is 5.69 Å². The Labute approximate surface area is 156 Å². The first kappa shape index (κ1) is 16.8. The van der Waals surface area contributed by atoms with E-state index in [0.717, 1.165) is 37.4 Å². The zero-order chi connectivity index (χ0) is 17.8. The van der Waals surface area contributed by atoms with E-state index in [1.807, 2.05) is 35.7 Å². The van der Waals surface area contributed by atoms with Crippen LogP contribution < -0.4 is 10.6 Å². The van der Waals surface area contributed by atoms with Crippen LogP contribution in [0.4, 0.5) is 15.6 Å². The molecule has 3 aromatic rings. The van der Waals surface area contributed by atoms with E-state index in [4.69, 9.17) is 0 Å². The molecule has 6 heteroatoms. The normalized spacial score (nSPS) is 13.8. The highest BCUT2D eigenvalue weighted by Crippen LogP contribution is 2.22. The molecule has 4 rings (SSSR count). The van der Waals surface area contributed by atoms with Gasteiger partial charge in [-0.25, -0.2) is 9.78 Å². The van der Waals surface area contributed by atoms with Crippen LogP contribution in [0.5, 0.6) is 0 Å². The molecule has 0 radical (unpaired) electrons. The molecule has 0 saturated carbocycles.